The standard InChI is InChI=1S/C18H18FNO6S/c1-12(26-17(21)11-25-16-9-5-14(19)6-10-16)18(22)13-3-7-15(8-4-13)20-27(2,23)24/h3-10,12,20H,11H2,1-2H3. The highest BCUT2D eigenvalue weighted by atomic mass is 32.2. The number of hydrogen-bond acceptors (Lipinski definition) is 6. The molecule has 0 aliphatic heterocycles. The van der Waals surface area contributed by atoms with Crippen LogP contribution >= 0.6 is 0 Å². The highest BCUT2D eigenvalue weighted by Gasteiger charge is 2.20. The third-order valence-electron chi connectivity index (χ3n) is 3.32. The van der Waals surface area contributed by atoms with Crippen molar-refractivity contribution in [2.24, 2.45) is 0 Å². The Morgan fingerprint density at radius 1 is 1.07 bits per heavy atom. The van der Waals surface area contributed by atoms with E-state index in [2.05, 4.69) is 4.72 Å². The summed E-state index contributed by atoms with van der Waals surface area (Å²) in [5.41, 5.74) is 0.570. The van der Waals surface area contributed by atoms with Crippen LogP contribution < -0.4 is 9.46 Å². The highest BCUT2D eigenvalue weighted by Crippen LogP contribution is 2.14. The van der Waals surface area contributed by atoms with Gasteiger partial charge in [0.15, 0.2) is 12.7 Å². The normalized spacial score (nSPS) is 12.1. The van der Waals surface area contributed by atoms with Crippen molar-refractivity contribution in [2.75, 3.05) is 17.6 Å². The summed E-state index contributed by atoms with van der Waals surface area (Å²) in [6.07, 6.45) is -0.0373. The van der Waals surface area contributed by atoms with Gasteiger partial charge in [0, 0.05) is 11.3 Å². The maximum absolute atomic E-state index is 12.8. The summed E-state index contributed by atoms with van der Waals surface area (Å²) < 4.78 is 47.6. The fraction of sp³-hybridized carbons (Fsp3) is 0.222. The number of sulfonamides is 1. The average molecular weight is 395 g/mol. The number of rotatable bonds is 8. The number of ketones is 1. The summed E-state index contributed by atoms with van der Waals surface area (Å²) in [6.45, 7) is 0.987. The molecule has 0 bridgehead atoms. The summed E-state index contributed by atoms with van der Waals surface area (Å²) in [7, 11) is -3.41. The molecule has 0 aliphatic rings. The summed E-state index contributed by atoms with van der Waals surface area (Å²) >= 11 is 0. The second kappa shape index (κ2) is 8.63. The maximum Gasteiger partial charge on any atom is 0.344 e. The van der Waals surface area contributed by atoms with E-state index < -0.39 is 40.3 Å². The number of halogens is 1. The van der Waals surface area contributed by atoms with Crippen LogP contribution in [-0.2, 0) is 19.6 Å². The first-order valence-corrected chi connectivity index (χ1v) is 9.73. The second-order valence-corrected chi connectivity index (χ2v) is 7.44. The lowest BCUT2D eigenvalue weighted by molar-refractivity contribution is -0.148. The molecule has 2 aromatic rings. The predicted molar refractivity (Wildman–Crippen MR) is 96.7 cm³/mol. The van der Waals surface area contributed by atoms with Crippen molar-refractivity contribution in [1.29, 1.82) is 0 Å². The van der Waals surface area contributed by atoms with Gasteiger partial charge in [0.2, 0.25) is 15.8 Å². The minimum Gasteiger partial charge on any atom is -0.482 e. The van der Waals surface area contributed by atoms with Gasteiger partial charge in [-0.2, -0.15) is 0 Å². The van der Waals surface area contributed by atoms with Crippen LogP contribution in [-0.4, -0.2) is 39.1 Å². The molecule has 1 atom stereocenters. The lowest BCUT2D eigenvalue weighted by atomic mass is 10.1. The number of anilines is 1. The number of Topliss-reactive ketones (excluding diaryl/α,β-unsaturated/α-hetero) is 1. The number of ether oxygens (including phenoxy) is 2. The summed E-state index contributed by atoms with van der Waals surface area (Å²) in [5, 5.41) is 0. The Kier molecular flexibility index (Phi) is 6.51. The lowest BCUT2D eigenvalue weighted by Crippen LogP contribution is -2.27. The molecule has 2 rings (SSSR count). The first-order valence-electron chi connectivity index (χ1n) is 7.84. The van der Waals surface area contributed by atoms with Gasteiger partial charge in [-0.3, -0.25) is 9.52 Å². The number of nitrogens with one attached hydrogen (secondary N) is 1. The fourth-order valence-corrected chi connectivity index (χ4v) is 2.67. The molecular weight excluding hydrogens is 377 g/mol. The molecule has 0 saturated carbocycles. The Balaban J connectivity index is 1.88. The van der Waals surface area contributed by atoms with Crippen molar-refractivity contribution in [3.63, 3.8) is 0 Å². The number of hydrogen-bond donors (Lipinski definition) is 1. The van der Waals surface area contributed by atoms with Crippen LogP contribution in [0.2, 0.25) is 0 Å². The molecule has 1 N–H and O–H groups in total. The first-order chi connectivity index (χ1) is 12.6. The average Bonchev–Trinajstić information content (AvgIpc) is 2.60. The van der Waals surface area contributed by atoms with Gasteiger partial charge < -0.3 is 9.47 Å². The van der Waals surface area contributed by atoms with E-state index >= 15 is 0 Å². The van der Waals surface area contributed by atoms with Crippen LogP contribution in [0.3, 0.4) is 0 Å². The molecule has 144 valence electrons. The van der Waals surface area contributed by atoms with Crippen molar-refractivity contribution in [3.8, 4) is 5.75 Å². The molecule has 0 aliphatic carbocycles. The van der Waals surface area contributed by atoms with Gasteiger partial charge in [-0.25, -0.2) is 17.6 Å². The second-order valence-electron chi connectivity index (χ2n) is 5.69. The quantitative estimate of drug-likeness (QED) is 0.544. The maximum atomic E-state index is 12.8. The third kappa shape index (κ3) is 6.70. The summed E-state index contributed by atoms with van der Waals surface area (Å²) in [6, 6.07) is 10.8. The Morgan fingerprint density at radius 3 is 2.22 bits per heavy atom. The Hall–Kier alpha value is -2.94. The Bertz CT molecular complexity index is 910. The van der Waals surface area contributed by atoms with Crippen molar-refractivity contribution >= 4 is 27.5 Å². The number of benzene rings is 2. The van der Waals surface area contributed by atoms with E-state index in [-0.39, 0.29) is 5.56 Å². The summed E-state index contributed by atoms with van der Waals surface area (Å²) in [4.78, 5) is 24.1. The minimum absolute atomic E-state index is 0.258. The molecule has 7 nitrogen and oxygen atoms in total. The molecule has 0 radical (unpaired) electrons. The first kappa shape index (κ1) is 20.4. The molecule has 27 heavy (non-hydrogen) atoms. The molecule has 9 heteroatoms. The van der Waals surface area contributed by atoms with Crippen LogP contribution in [0.1, 0.15) is 17.3 Å². The number of carbonyl (C=O) groups is 2. The van der Waals surface area contributed by atoms with Gasteiger partial charge in [0.05, 0.1) is 6.26 Å². The topological polar surface area (TPSA) is 98.8 Å². The lowest BCUT2D eigenvalue weighted by Gasteiger charge is -2.13. The Labute approximate surface area is 156 Å². The fourth-order valence-electron chi connectivity index (χ4n) is 2.11. The molecule has 0 saturated heterocycles. The molecule has 0 aromatic heterocycles. The summed E-state index contributed by atoms with van der Waals surface area (Å²) in [5.74, 6) is -1.34. The number of carbonyl (C=O) groups excluding carboxylic acids is 2. The monoisotopic (exact) mass is 395 g/mol. The molecule has 0 heterocycles. The zero-order chi connectivity index (χ0) is 20.0. The van der Waals surface area contributed by atoms with Crippen molar-refractivity contribution in [2.45, 2.75) is 13.0 Å². The highest BCUT2D eigenvalue weighted by molar-refractivity contribution is 7.92. The SMILES string of the molecule is CC(OC(=O)COc1ccc(F)cc1)C(=O)c1ccc(NS(C)(=O)=O)cc1. The van der Waals surface area contributed by atoms with E-state index in [1.54, 1.807) is 0 Å². The number of esters is 1. The van der Waals surface area contributed by atoms with Gasteiger partial charge in [0.1, 0.15) is 11.6 Å². The smallest absolute Gasteiger partial charge is 0.344 e. The van der Waals surface area contributed by atoms with Crippen LogP contribution in [0, 0.1) is 5.82 Å². The van der Waals surface area contributed by atoms with Crippen LogP contribution in [0.5, 0.6) is 5.75 Å². The third-order valence-corrected chi connectivity index (χ3v) is 3.93. The van der Waals surface area contributed by atoms with E-state index in [1.165, 1.54) is 55.5 Å². The molecule has 0 fully saturated rings. The molecular formula is C18H18FNO6S. The molecule has 0 spiro atoms. The van der Waals surface area contributed by atoms with E-state index in [1.807, 2.05) is 0 Å². The molecule has 0 amide bonds. The minimum atomic E-state index is -3.41. The van der Waals surface area contributed by atoms with Gasteiger partial charge >= 0.3 is 5.97 Å². The largest absolute Gasteiger partial charge is 0.482 e. The van der Waals surface area contributed by atoms with Gasteiger partial charge in [-0.05, 0) is 55.5 Å². The van der Waals surface area contributed by atoms with E-state index in [0.717, 1.165) is 6.26 Å². The van der Waals surface area contributed by atoms with E-state index in [4.69, 9.17) is 9.47 Å². The van der Waals surface area contributed by atoms with Crippen LogP contribution in [0.4, 0.5) is 10.1 Å². The van der Waals surface area contributed by atoms with Crippen LogP contribution in [0.15, 0.2) is 48.5 Å². The zero-order valence-electron chi connectivity index (χ0n) is 14.6. The van der Waals surface area contributed by atoms with Gasteiger partial charge in [0.25, 0.3) is 0 Å². The molecule has 2 aromatic carbocycles. The van der Waals surface area contributed by atoms with Crippen molar-refractivity contribution in [3.05, 3.63) is 59.9 Å². The van der Waals surface area contributed by atoms with Gasteiger partial charge in [-0.1, -0.05) is 0 Å². The Morgan fingerprint density at radius 2 is 1.67 bits per heavy atom. The van der Waals surface area contributed by atoms with Crippen LogP contribution in [0.25, 0.3) is 0 Å². The molecule has 1 unspecified atom stereocenters. The van der Waals surface area contributed by atoms with Crippen molar-refractivity contribution < 1.29 is 31.9 Å². The van der Waals surface area contributed by atoms with E-state index in [0.29, 0.717) is 11.4 Å². The van der Waals surface area contributed by atoms with Gasteiger partial charge in [-0.15, -0.1) is 0 Å². The predicted octanol–water partition coefficient (Wildman–Crippen LogP) is 2.39. The van der Waals surface area contributed by atoms with Crippen molar-refractivity contribution in [1.82, 2.24) is 0 Å². The van der Waals surface area contributed by atoms with E-state index in [9.17, 15) is 22.4 Å². The zero-order valence-corrected chi connectivity index (χ0v) is 15.5.